The molecule has 0 saturated carbocycles. The van der Waals surface area contributed by atoms with Crippen molar-refractivity contribution in [2.45, 2.75) is 62.2 Å². The van der Waals surface area contributed by atoms with Gasteiger partial charge in [-0.2, -0.15) is 0 Å². The summed E-state index contributed by atoms with van der Waals surface area (Å²) in [6, 6.07) is 0. The van der Waals surface area contributed by atoms with Crippen LogP contribution in [0, 0.1) is 0 Å². The van der Waals surface area contributed by atoms with Gasteiger partial charge in [0.25, 0.3) is 0 Å². The van der Waals surface area contributed by atoms with Gasteiger partial charge in [-0.05, 0) is 100 Å². The van der Waals surface area contributed by atoms with Crippen LogP contribution in [0.2, 0.25) is 0 Å². The largest absolute Gasteiger partial charge is 0.0654 e. The van der Waals surface area contributed by atoms with E-state index in [2.05, 4.69) is 45.7 Å². The van der Waals surface area contributed by atoms with Gasteiger partial charge in [0.05, 0.1) is 0 Å². The van der Waals surface area contributed by atoms with E-state index in [4.69, 9.17) is 0 Å². The summed E-state index contributed by atoms with van der Waals surface area (Å²) in [5.41, 5.74) is 3.01. The van der Waals surface area contributed by atoms with E-state index in [-0.39, 0.29) is 0 Å². The van der Waals surface area contributed by atoms with E-state index in [0.29, 0.717) is 0 Å². The van der Waals surface area contributed by atoms with Crippen LogP contribution in [0.15, 0.2) is 18.7 Å². The Bertz CT molecular complexity index is 420. The van der Waals surface area contributed by atoms with Crippen molar-refractivity contribution >= 4 is 63.3 Å². The van der Waals surface area contributed by atoms with Gasteiger partial charge in [-0.1, -0.05) is 26.7 Å². The van der Waals surface area contributed by atoms with Crippen LogP contribution in [0.1, 0.15) is 50.7 Å². The zero-order chi connectivity index (χ0) is 13.8. The number of benzene rings is 1. The SMILES string of the molecule is CCCCc1c(Br)c(Br)c(CCCC)c2c1SSS2. The first-order valence-corrected chi connectivity index (χ1v) is 11.8. The van der Waals surface area contributed by atoms with Crippen LogP contribution in [-0.4, -0.2) is 0 Å². The average molecular weight is 442 g/mol. The van der Waals surface area contributed by atoms with Crippen LogP contribution >= 0.6 is 63.3 Å². The molecule has 19 heavy (non-hydrogen) atoms. The third-order valence-corrected chi connectivity index (χ3v) is 9.69. The Labute approximate surface area is 144 Å². The van der Waals surface area contributed by atoms with Crippen molar-refractivity contribution in [1.29, 1.82) is 0 Å². The number of unbranched alkanes of at least 4 members (excludes halogenated alkanes) is 2. The van der Waals surface area contributed by atoms with E-state index in [9.17, 15) is 0 Å². The average Bonchev–Trinajstić information content (AvgIpc) is 2.88. The van der Waals surface area contributed by atoms with Gasteiger partial charge in [0.15, 0.2) is 0 Å². The number of fused-ring (bicyclic) bond motifs is 1. The summed E-state index contributed by atoms with van der Waals surface area (Å²) >= 11 is 7.66. The highest BCUT2D eigenvalue weighted by atomic mass is 79.9. The predicted octanol–water partition coefficient (Wildman–Crippen LogP) is 7.66. The Hall–Kier alpha value is 1.23. The Morgan fingerprint density at radius 2 is 1.21 bits per heavy atom. The lowest BCUT2D eigenvalue weighted by atomic mass is 10.0. The van der Waals surface area contributed by atoms with E-state index < -0.39 is 0 Å². The lowest BCUT2D eigenvalue weighted by molar-refractivity contribution is 0.755. The van der Waals surface area contributed by atoms with Gasteiger partial charge in [-0.25, -0.2) is 0 Å². The second kappa shape index (κ2) is 8.02. The highest BCUT2D eigenvalue weighted by Crippen LogP contribution is 2.60. The van der Waals surface area contributed by atoms with Crippen LogP contribution < -0.4 is 0 Å². The molecule has 0 atom stereocenters. The van der Waals surface area contributed by atoms with Crippen molar-refractivity contribution in [3.63, 3.8) is 0 Å². The predicted molar refractivity (Wildman–Crippen MR) is 98.4 cm³/mol. The summed E-state index contributed by atoms with van der Waals surface area (Å²) in [5, 5.41) is 0. The minimum Gasteiger partial charge on any atom is -0.0654 e. The van der Waals surface area contributed by atoms with E-state index >= 15 is 0 Å². The van der Waals surface area contributed by atoms with E-state index in [1.165, 1.54) is 68.4 Å². The van der Waals surface area contributed by atoms with Crippen molar-refractivity contribution in [2.75, 3.05) is 0 Å². The molecule has 0 fully saturated rings. The molecule has 0 nitrogen and oxygen atoms in total. The van der Waals surface area contributed by atoms with Crippen LogP contribution in [0.25, 0.3) is 0 Å². The smallest absolute Gasteiger partial charge is 0.0383 e. The van der Waals surface area contributed by atoms with Crippen LogP contribution in [0.3, 0.4) is 0 Å². The third kappa shape index (κ3) is 3.71. The Morgan fingerprint density at radius 1 is 0.789 bits per heavy atom. The summed E-state index contributed by atoms with van der Waals surface area (Å²) in [5.74, 6) is 0. The quantitative estimate of drug-likeness (QED) is 0.415. The number of rotatable bonds is 6. The summed E-state index contributed by atoms with van der Waals surface area (Å²) in [7, 11) is 5.80. The van der Waals surface area contributed by atoms with Gasteiger partial charge in [-0.15, -0.1) is 0 Å². The molecule has 1 aliphatic heterocycles. The molecule has 1 heterocycles. The summed E-state index contributed by atoms with van der Waals surface area (Å²) in [6.45, 7) is 4.52. The summed E-state index contributed by atoms with van der Waals surface area (Å²) in [4.78, 5) is 3.04. The van der Waals surface area contributed by atoms with Crippen molar-refractivity contribution in [1.82, 2.24) is 0 Å². The van der Waals surface area contributed by atoms with Crippen molar-refractivity contribution in [3.05, 3.63) is 20.1 Å². The second-order valence-corrected chi connectivity index (χ2v) is 10.2. The summed E-state index contributed by atoms with van der Waals surface area (Å²) < 4.78 is 2.59. The molecule has 1 aliphatic rings. The molecule has 1 aromatic rings. The molecule has 106 valence electrons. The van der Waals surface area contributed by atoms with Gasteiger partial charge in [-0.3, -0.25) is 0 Å². The molecule has 0 aliphatic carbocycles. The molecule has 0 N–H and O–H groups in total. The topological polar surface area (TPSA) is 0 Å². The first kappa shape index (κ1) is 16.6. The Balaban J connectivity index is 2.43. The monoisotopic (exact) mass is 440 g/mol. The normalized spacial score (nSPS) is 13.9. The van der Waals surface area contributed by atoms with Crippen LogP contribution in [0.4, 0.5) is 0 Å². The van der Waals surface area contributed by atoms with E-state index in [1.54, 1.807) is 0 Å². The van der Waals surface area contributed by atoms with Crippen molar-refractivity contribution in [3.8, 4) is 0 Å². The molecular weight excluding hydrogens is 424 g/mol. The van der Waals surface area contributed by atoms with Crippen LogP contribution in [0.5, 0.6) is 0 Å². The first-order chi connectivity index (χ1) is 9.20. The fraction of sp³-hybridized carbons (Fsp3) is 0.571. The molecule has 1 aromatic carbocycles. The lowest BCUT2D eigenvalue weighted by Gasteiger charge is -2.16. The number of hydrogen-bond acceptors (Lipinski definition) is 3. The molecule has 0 spiro atoms. The molecule has 5 heteroatoms. The van der Waals surface area contributed by atoms with Gasteiger partial charge >= 0.3 is 0 Å². The molecule has 0 amide bonds. The second-order valence-electron chi connectivity index (χ2n) is 4.69. The summed E-state index contributed by atoms with van der Waals surface area (Å²) in [6.07, 6.45) is 7.40. The van der Waals surface area contributed by atoms with Gasteiger partial charge < -0.3 is 0 Å². The maximum atomic E-state index is 3.83. The lowest BCUT2D eigenvalue weighted by Crippen LogP contribution is -1.98. The molecule has 0 unspecified atom stereocenters. The fourth-order valence-corrected chi connectivity index (χ4v) is 8.58. The molecule has 0 bridgehead atoms. The molecular formula is C14H18Br2S3. The molecule has 0 radical (unpaired) electrons. The van der Waals surface area contributed by atoms with Gasteiger partial charge in [0.1, 0.15) is 0 Å². The molecule has 0 saturated heterocycles. The first-order valence-electron chi connectivity index (χ1n) is 6.74. The zero-order valence-corrected chi connectivity index (χ0v) is 16.8. The highest BCUT2D eigenvalue weighted by Gasteiger charge is 2.26. The maximum Gasteiger partial charge on any atom is 0.0383 e. The fourth-order valence-electron chi connectivity index (χ4n) is 2.15. The van der Waals surface area contributed by atoms with Crippen molar-refractivity contribution in [2.24, 2.45) is 0 Å². The minimum atomic E-state index is 1.18. The van der Waals surface area contributed by atoms with Crippen molar-refractivity contribution < 1.29 is 0 Å². The number of hydrogen-bond donors (Lipinski definition) is 0. The Kier molecular flexibility index (Phi) is 7.01. The molecule has 0 aromatic heterocycles. The number of halogens is 2. The van der Waals surface area contributed by atoms with Gasteiger partial charge in [0.2, 0.25) is 0 Å². The van der Waals surface area contributed by atoms with Crippen LogP contribution in [-0.2, 0) is 12.8 Å². The van der Waals surface area contributed by atoms with E-state index in [1.807, 2.05) is 31.4 Å². The van der Waals surface area contributed by atoms with Gasteiger partial charge in [0, 0.05) is 18.7 Å². The maximum absolute atomic E-state index is 3.83. The zero-order valence-electron chi connectivity index (χ0n) is 11.2. The third-order valence-electron chi connectivity index (χ3n) is 3.27. The Morgan fingerprint density at radius 3 is 1.58 bits per heavy atom. The standard InChI is InChI=1S/C14H18Br2S3/c1-3-5-7-9-11(15)12(16)10(8-6-4-2)14-13(9)17-19-18-14/h3-8H2,1-2H3. The van der Waals surface area contributed by atoms with E-state index in [0.717, 1.165) is 0 Å². The minimum absolute atomic E-state index is 1.18. The highest BCUT2D eigenvalue weighted by molar-refractivity contribution is 9.13. The molecule has 2 rings (SSSR count).